The number of hydrogen-bond donors (Lipinski definition) is 1. The van der Waals surface area contributed by atoms with Gasteiger partial charge in [-0.25, -0.2) is 4.79 Å². The first-order valence-electron chi connectivity index (χ1n) is 11.2. The Kier molecular flexibility index (Phi) is 7.33. The van der Waals surface area contributed by atoms with Crippen LogP contribution in [0.4, 0.5) is 11.4 Å². The lowest BCUT2D eigenvalue weighted by atomic mass is 10.0. The van der Waals surface area contributed by atoms with Gasteiger partial charge >= 0.3 is 5.97 Å². The molecule has 0 aliphatic carbocycles. The number of carbonyl (C=O) groups is 3. The number of nitrogens with zero attached hydrogens (tertiary/aromatic N) is 1. The van der Waals surface area contributed by atoms with Gasteiger partial charge in [0.05, 0.1) is 11.4 Å². The minimum absolute atomic E-state index is 0.141. The molecule has 7 heteroatoms. The van der Waals surface area contributed by atoms with Crippen LogP contribution in [-0.2, 0) is 14.3 Å². The molecule has 6 nitrogen and oxygen atoms in total. The van der Waals surface area contributed by atoms with Gasteiger partial charge in [-0.3, -0.25) is 14.5 Å². The molecule has 4 rings (SSSR count). The zero-order valence-corrected chi connectivity index (χ0v) is 19.9. The Morgan fingerprint density at radius 3 is 2.00 bits per heavy atom. The van der Waals surface area contributed by atoms with Crippen LogP contribution in [0.5, 0.6) is 0 Å². The van der Waals surface area contributed by atoms with E-state index in [1.54, 1.807) is 40.9 Å². The highest BCUT2D eigenvalue weighted by atomic mass is 32.2. The molecular weight excluding hydrogens is 448 g/mol. The fourth-order valence-corrected chi connectivity index (χ4v) is 4.85. The van der Waals surface area contributed by atoms with Crippen LogP contribution in [-0.4, -0.2) is 30.4 Å². The van der Waals surface area contributed by atoms with Gasteiger partial charge in [0.1, 0.15) is 6.04 Å². The minimum atomic E-state index is -0.850. The van der Waals surface area contributed by atoms with Crippen LogP contribution in [0.2, 0.25) is 0 Å². The van der Waals surface area contributed by atoms with Gasteiger partial charge in [0, 0.05) is 15.4 Å². The highest BCUT2D eigenvalue weighted by Crippen LogP contribution is 2.47. The second kappa shape index (κ2) is 10.6. The van der Waals surface area contributed by atoms with Crippen molar-refractivity contribution in [3.63, 3.8) is 0 Å². The number of esters is 1. The third-order valence-corrected chi connectivity index (χ3v) is 6.48. The molecule has 0 spiro atoms. The number of rotatable bonds is 7. The van der Waals surface area contributed by atoms with Crippen molar-refractivity contribution in [2.45, 2.75) is 36.1 Å². The van der Waals surface area contributed by atoms with E-state index in [0.717, 1.165) is 21.2 Å². The van der Waals surface area contributed by atoms with Crippen LogP contribution < -0.4 is 10.2 Å². The summed E-state index contributed by atoms with van der Waals surface area (Å²) in [5.74, 6) is -1.20. The number of anilines is 2. The van der Waals surface area contributed by atoms with Gasteiger partial charge in [0.15, 0.2) is 6.61 Å². The predicted octanol–water partition coefficient (Wildman–Crippen LogP) is 5.20. The quantitative estimate of drug-likeness (QED) is 0.476. The molecule has 3 aromatic carbocycles. The summed E-state index contributed by atoms with van der Waals surface area (Å²) in [4.78, 5) is 42.3. The Labute approximate surface area is 203 Å². The average molecular weight is 475 g/mol. The largest absolute Gasteiger partial charge is 0.454 e. The van der Waals surface area contributed by atoms with Crippen LogP contribution >= 0.6 is 11.8 Å². The molecule has 1 aliphatic heterocycles. The number of ether oxygens (including phenoxy) is 1. The lowest BCUT2D eigenvalue weighted by Gasteiger charge is -2.31. The van der Waals surface area contributed by atoms with E-state index in [2.05, 4.69) is 5.32 Å². The van der Waals surface area contributed by atoms with Crippen molar-refractivity contribution in [1.29, 1.82) is 0 Å². The number of amides is 2. The van der Waals surface area contributed by atoms with Gasteiger partial charge in [-0.15, -0.1) is 0 Å². The van der Waals surface area contributed by atoms with Crippen molar-refractivity contribution in [2.75, 3.05) is 11.5 Å². The summed E-state index contributed by atoms with van der Waals surface area (Å²) in [6, 6.07) is 23.1. The van der Waals surface area contributed by atoms with Crippen LogP contribution in [0.1, 0.15) is 30.6 Å². The molecule has 0 fully saturated rings. The first-order valence-corrected chi connectivity index (χ1v) is 12.0. The van der Waals surface area contributed by atoms with Gasteiger partial charge in [-0.05, 0) is 48.7 Å². The molecule has 174 valence electrons. The monoisotopic (exact) mass is 474 g/mol. The summed E-state index contributed by atoms with van der Waals surface area (Å²) < 4.78 is 5.44. The Morgan fingerprint density at radius 2 is 1.41 bits per heavy atom. The predicted molar refractivity (Wildman–Crippen MR) is 132 cm³/mol. The fraction of sp³-hybridized carbons (Fsp3) is 0.222. The number of carbonyl (C=O) groups excluding carboxylic acids is 3. The maximum absolute atomic E-state index is 13.3. The molecule has 1 heterocycles. The molecule has 0 unspecified atom stereocenters. The number of para-hydroxylation sites is 2. The van der Waals surface area contributed by atoms with E-state index in [-0.39, 0.29) is 17.7 Å². The number of nitrogens with one attached hydrogen (secondary N) is 1. The van der Waals surface area contributed by atoms with Crippen LogP contribution in [0.15, 0.2) is 88.7 Å². The lowest BCUT2D eigenvalue weighted by Crippen LogP contribution is -2.44. The third kappa shape index (κ3) is 5.31. The number of hydrogen-bond acceptors (Lipinski definition) is 5. The maximum Gasteiger partial charge on any atom is 0.329 e. The second-order valence-corrected chi connectivity index (χ2v) is 9.48. The van der Waals surface area contributed by atoms with Crippen molar-refractivity contribution in [2.24, 2.45) is 5.92 Å². The second-order valence-electron chi connectivity index (χ2n) is 8.40. The Bertz CT molecular complexity index is 1150. The molecule has 0 aromatic heterocycles. The maximum atomic E-state index is 13.3. The first kappa shape index (κ1) is 23.6. The molecule has 1 aliphatic rings. The van der Waals surface area contributed by atoms with E-state index in [1.807, 2.05) is 68.4 Å². The van der Waals surface area contributed by atoms with Crippen molar-refractivity contribution in [3.8, 4) is 0 Å². The van der Waals surface area contributed by atoms with Gasteiger partial charge in [-0.2, -0.15) is 0 Å². The molecule has 0 bridgehead atoms. The summed E-state index contributed by atoms with van der Waals surface area (Å²) in [5.41, 5.74) is 1.96. The summed E-state index contributed by atoms with van der Waals surface area (Å²) in [6.45, 7) is 3.49. The topological polar surface area (TPSA) is 75.7 Å². The SMILES string of the molecule is CC(C)C[C@@H](NC(=O)c1ccccc1)C(=O)OCC(=O)N1c2ccccc2Sc2ccccc21. The molecule has 3 aromatic rings. The fourth-order valence-electron chi connectivity index (χ4n) is 3.79. The zero-order chi connectivity index (χ0) is 24.1. The Hall–Kier alpha value is -3.58. The van der Waals surface area contributed by atoms with Crippen molar-refractivity contribution >= 4 is 40.9 Å². The van der Waals surface area contributed by atoms with E-state index in [1.165, 1.54) is 0 Å². The van der Waals surface area contributed by atoms with Crippen LogP contribution in [0.25, 0.3) is 0 Å². The van der Waals surface area contributed by atoms with Gasteiger partial charge in [-0.1, -0.05) is 68.1 Å². The summed E-state index contributed by atoms with van der Waals surface area (Å²) in [7, 11) is 0. The van der Waals surface area contributed by atoms with Gasteiger partial charge < -0.3 is 10.1 Å². The van der Waals surface area contributed by atoms with Gasteiger partial charge in [0.2, 0.25) is 0 Å². The standard InChI is InChI=1S/C27H26N2O4S/c1-18(2)16-20(28-26(31)19-10-4-3-5-11-19)27(32)33-17-25(30)29-21-12-6-8-14-23(21)34-24-15-9-7-13-22(24)29/h3-15,18,20H,16-17H2,1-2H3,(H,28,31)/t20-/m1/s1. The van der Waals surface area contributed by atoms with E-state index in [0.29, 0.717) is 12.0 Å². The van der Waals surface area contributed by atoms with E-state index in [4.69, 9.17) is 4.74 Å². The molecule has 0 saturated heterocycles. The molecule has 0 radical (unpaired) electrons. The summed E-state index contributed by atoms with van der Waals surface area (Å²) in [6.07, 6.45) is 0.400. The smallest absolute Gasteiger partial charge is 0.329 e. The molecular formula is C27H26N2O4S. The van der Waals surface area contributed by atoms with Gasteiger partial charge in [0.25, 0.3) is 11.8 Å². The summed E-state index contributed by atoms with van der Waals surface area (Å²) >= 11 is 1.60. The normalized spacial score (nSPS) is 13.0. The third-order valence-electron chi connectivity index (χ3n) is 5.35. The highest BCUT2D eigenvalue weighted by molar-refractivity contribution is 7.99. The van der Waals surface area contributed by atoms with E-state index >= 15 is 0 Å². The average Bonchev–Trinajstić information content (AvgIpc) is 2.85. The molecule has 34 heavy (non-hydrogen) atoms. The molecule has 0 saturated carbocycles. The highest BCUT2D eigenvalue weighted by Gasteiger charge is 2.30. The van der Waals surface area contributed by atoms with Crippen molar-refractivity contribution < 1.29 is 19.1 Å². The van der Waals surface area contributed by atoms with E-state index < -0.39 is 18.6 Å². The Morgan fingerprint density at radius 1 is 0.853 bits per heavy atom. The minimum Gasteiger partial charge on any atom is -0.454 e. The Balaban J connectivity index is 1.48. The van der Waals surface area contributed by atoms with Crippen LogP contribution in [0, 0.1) is 5.92 Å². The lowest BCUT2D eigenvalue weighted by molar-refractivity contribution is -0.150. The van der Waals surface area contributed by atoms with Crippen LogP contribution in [0.3, 0.4) is 0 Å². The molecule has 1 atom stereocenters. The first-order chi connectivity index (χ1) is 16.4. The molecule has 1 N–H and O–H groups in total. The zero-order valence-electron chi connectivity index (χ0n) is 19.1. The summed E-state index contributed by atoms with van der Waals surface area (Å²) in [5, 5.41) is 2.76. The number of fused-ring (bicyclic) bond motifs is 2. The number of benzene rings is 3. The van der Waals surface area contributed by atoms with Crippen molar-refractivity contribution in [1.82, 2.24) is 5.32 Å². The van der Waals surface area contributed by atoms with Crippen molar-refractivity contribution in [3.05, 3.63) is 84.4 Å². The van der Waals surface area contributed by atoms with E-state index in [9.17, 15) is 14.4 Å². The molecule has 2 amide bonds.